The number of hydrogen-bond acceptors (Lipinski definition) is 2. The predicted octanol–water partition coefficient (Wildman–Crippen LogP) is 2.34. The number of carbonyl (C=O) groups is 1. The molecule has 0 saturated heterocycles. The van der Waals surface area contributed by atoms with Gasteiger partial charge >= 0.3 is 0 Å². The lowest BCUT2D eigenvalue weighted by Gasteiger charge is -2.29. The van der Waals surface area contributed by atoms with Crippen molar-refractivity contribution in [1.29, 1.82) is 0 Å². The summed E-state index contributed by atoms with van der Waals surface area (Å²) >= 11 is 11.8. The molecule has 1 N–H and O–H groups in total. The molecule has 0 spiro atoms. The molecular weight excluding hydrogens is 273 g/mol. The molecule has 0 atom stereocenters. The lowest BCUT2D eigenvalue weighted by Crippen LogP contribution is -2.51. The predicted molar refractivity (Wildman–Crippen MR) is 74.5 cm³/mol. The number of carbonyl (C=O) groups excluding carboxylic acids is 1. The molecule has 1 aromatic heterocycles. The second-order valence-electron chi connectivity index (χ2n) is 4.37. The van der Waals surface area contributed by atoms with Gasteiger partial charge in [0.2, 0.25) is 0 Å². The van der Waals surface area contributed by atoms with Gasteiger partial charge in [-0.3, -0.25) is 9.48 Å². The van der Waals surface area contributed by atoms with Crippen LogP contribution in [0.5, 0.6) is 0 Å². The van der Waals surface area contributed by atoms with E-state index in [9.17, 15) is 4.79 Å². The van der Waals surface area contributed by atoms with Crippen molar-refractivity contribution in [2.24, 2.45) is 7.05 Å². The molecule has 0 aliphatic heterocycles. The van der Waals surface area contributed by atoms with Crippen LogP contribution in [0.25, 0.3) is 0 Å². The fraction of sp³-hybridized carbons (Fsp3) is 0.667. The number of amides is 1. The number of nitrogens with zero attached hydrogens (tertiary/aromatic N) is 2. The molecule has 1 heterocycles. The first-order valence-electron chi connectivity index (χ1n) is 5.98. The average molecular weight is 292 g/mol. The number of alkyl halides is 2. The van der Waals surface area contributed by atoms with Crippen LogP contribution < -0.4 is 5.32 Å². The first-order valence-corrected chi connectivity index (χ1v) is 7.05. The van der Waals surface area contributed by atoms with E-state index >= 15 is 0 Å². The Labute approximate surface area is 118 Å². The second-order valence-corrected chi connectivity index (χ2v) is 4.91. The number of rotatable bonds is 6. The summed E-state index contributed by atoms with van der Waals surface area (Å²) in [6.07, 6.45) is 3.12. The monoisotopic (exact) mass is 291 g/mol. The number of aryl methyl sites for hydroxylation is 2. The smallest absolute Gasteiger partial charge is 0.255 e. The molecule has 0 aliphatic rings. The molecule has 1 rings (SSSR count). The summed E-state index contributed by atoms with van der Waals surface area (Å²) in [7, 11) is 1.80. The van der Waals surface area contributed by atoms with E-state index in [1.165, 1.54) is 0 Å². The van der Waals surface area contributed by atoms with Gasteiger partial charge in [-0.1, -0.05) is 13.8 Å². The van der Waals surface area contributed by atoms with Crippen LogP contribution in [-0.2, 0) is 13.5 Å². The number of hydrogen-bond donors (Lipinski definition) is 1. The van der Waals surface area contributed by atoms with Gasteiger partial charge in [-0.2, -0.15) is 5.10 Å². The summed E-state index contributed by atoms with van der Waals surface area (Å²) in [6.45, 7) is 3.92. The van der Waals surface area contributed by atoms with Crippen molar-refractivity contribution in [1.82, 2.24) is 15.1 Å². The van der Waals surface area contributed by atoms with Crippen LogP contribution >= 0.6 is 23.2 Å². The summed E-state index contributed by atoms with van der Waals surface area (Å²) in [5.74, 6) is 0.420. The summed E-state index contributed by atoms with van der Waals surface area (Å²) in [6, 6.07) is 0. The second kappa shape index (κ2) is 6.43. The van der Waals surface area contributed by atoms with Crippen LogP contribution in [0, 0.1) is 0 Å². The van der Waals surface area contributed by atoms with Crippen molar-refractivity contribution in [2.75, 3.05) is 11.8 Å². The van der Waals surface area contributed by atoms with E-state index in [-0.39, 0.29) is 5.91 Å². The van der Waals surface area contributed by atoms with Crippen LogP contribution in [0.2, 0.25) is 0 Å². The molecule has 18 heavy (non-hydrogen) atoms. The molecular formula is C12H19Cl2N3O. The number of nitrogens with one attached hydrogen (secondary N) is 1. The van der Waals surface area contributed by atoms with Gasteiger partial charge in [0.1, 0.15) is 0 Å². The van der Waals surface area contributed by atoms with E-state index in [0.29, 0.717) is 30.2 Å². The summed E-state index contributed by atoms with van der Waals surface area (Å²) in [5.41, 5.74) is 0.818. The summed E-state index contributed by atoms with van der Waals surface area (Å²) in [4.78, 5) is 12.2. The van der Waals surface area contributed by atoms with Crippen LogP contribution in [0.3, 0.4) is 0 Å². The van der Waals surface area contributed by atoms with Gasteiger partial charge in [0.25, 0.3) is 5.91 Å². The van der Waals surface area contributed by atoms with Gasteiger partial charge in [-0.15, -0.1) is 23.2 Å². The zero-order chi connectivity index (χ0) is 13.8. The minimum atomic E-state index is -0.555. The Morgan fingerprint density at radius 1 is 1.44 bits per heavy atom. The normalized spacial score (nSPS) is 11.6. The third kappa shape index (κ3) is 3.18. The van der Waals surface area contributed by atoms with Gasteiger partial charge in [-0.05, 0) is 12.8 Å². The van der Waals surface area contributed by atoms with Crippen LogP contribution in [-0.4, -0.2) is 33.0 Å². The molecule has 0 bridgehead atoms. The fourth-order valence-corrected chi connectivity index (χ4v) is 2.47. The Hall–Kier alpha value is -0.740. The minimum Gasteiger partial charge on any atom is -0.344 e. The summed E-state index contributed by atoms with van der Waals surface area (Å²) in [5, 5.41) is 7.18. The molecule has 0 radical (unpaired) electrons. The Balaban J connectivity index is 2.93. The van der Waals surface area contributed by atoms with Crippen molar-refractivity contribution in [2.45, 2.75) is 32.2 Å². The van der Waals surface area contributed by atoms with Gasteiger partial charge in [0.15, 0.2) is 0 Å². The Morgan fingerprint density at radius 3 is 2.50 bits per heavy atom. The van der Waals surface area contributed by atoms with E-state index in [1.54, 1.807) is 17.9 Å². The van der Waals surface area contributed by atoms with Gasteiger partial charge in [-0.25, -0.2) is 0 Å². The van der Waals surface area contributed by atoms with Crippen LogP contribution in [0.1, 0.15) is 36.3 Å². The Morgan fingerprint density at radius 2 is 2.06 bits per heavy atom. The highest BCUT2D eigenvalue weighted by molar-refractivity contribution is 6.22. The highest BCUT2D eigenvalue weighted by atomic mass is 35.5. The quantitative estimate of drug-likeness (QED) is 0.818. The number of aromatic nitrogens is 2. The SMILES string of the molecule is CCc1nn(C)cc1C(=O)NC(CC)(CCl)CCl. The largest absolute Gasteiger partial charge is 0.344 e. The minimum absolute atomic E-state index is 0.164. The van der Waals surface area contributed by atoms with E-state index in [4.69, 9.17) is 23.2 Å². The van der Waals surface area contributed by atoms with Crippen molar-refractivity contribution >= 4 is 29.1 Å². The molecule has 0 aromatic carbocycles. The molecule has 6 heteroatoms. The third-order valence-electron chi connectivity index (χ3n) is 3.05. The van der Waals surface area contributed by atoms with Gasteiger partial charge in [0.05, 0.1) is 16.8 Å². The van der Waals surface area contributed by atoms with E-state index in [2.05, 4.69) is 10.4 Å². The van der Waals surface area contributed by atoms with Crippen LogP contribution in [0.4, 0.5) is 0 Å². The maximum absolute atomic E-state index is 12.2. The molecule has 0 aliphatic carbocycles. The lowest BCUT2D eigenvalue weighted by molar-refractivity contribution is 0.0912. The first kappa shape index (κ1) is 15.3. The molecule has 0 saturated carbocycles. The van der Waals surface area contributed by atoms with Crippen molar-refractivity contribution < 1.29 is 4.79 Å². The van der Waals surface area contributed by atoms with E-state index in [0.717, 1.165) is 5.69 Å². The summed E-state index contributed by atoms with van der Waals surface area (Å²) < 4.78 is 1.64. The molecule has 0 unspecified atom stereocenters. The van der Waals surface area contributed by atoms with Crippen LogP contribution in [0.15, 0.2) is 6.20 Å². The molecule has 1 aromatic rings. The van der Waals surface area contributed by atoms with E-state index < -0.39 is 5.54 Å². The molecule has 4 nitrogen and oxygen atoms in total. The average Bonchev–Trinajstić information content (AvgIpc) is 2.77. The Bertz CT molecular complexity index is 405. The fourth-order valence-electron chi connectivity index (χ4n) is 1.67. The zero-order valence-corrected chi connectivity index (χ0v) is 12.5. The van der Waals surface area contributed by atoms with Gasteiger partial charge < -0.3 is 5.32 Å². The van der Waals surface area contributed by atoms with Crippen molar-refractivity contribution in [3.63, 3.8) is 0 Å². The third-order valence-corrected chi connectivity index (χ3v) is 4.08. The maximum Gasteiger partial charge on any atom is 0.255 e. The standard InChI is InChI=1S/C12H19Cl2N3O/c1-4-10-9(6-17(3)16-10)11(18)15-12(5-2,7-13)8-14/h6H,4-5,7-8H2,1-3H3,(H,15,18). The first-order chi connectivity index (χ1) is 8.51. The van der Waals surface area contributed by atoms with Crippen molar-refractivity contribution in [3.8, 4) is 0 Å². The highest BCUT2D eigenvalue weighted by Crippen LogP contribution is 2.17. The zero-order valence-electron chi connectivity index (χ0n) is 11.0. The number of halogens is 2. The molecule has 102 valence electrons. The van der Waals surface area contributed by atoms with Crippen molar-refractivity contribution in [3.05, 3.63) is 17.5 Å². The maximum atomic E-state index is 12.2. The van der Waals surface area contributed by atoms with E-state index in [1.807, 2.05) is 13.8 Å². The molecule has 1 amide bonds. The lowest BCUT2D eigenvalue weighted by atomic mass is 10.0. The molecule has 0 fully saturated rings. The van der Waals surface area contributed by atoms with Gasteiger partial charge in [0, 0.05) is 25.0 Å². The topological polar surface area (TPSA) is 46.9 Å². The Kier molecular flexibility index (Phi) is 5.47. The highest BCUT2D eigenvalue weighted by Gasteiger charge is 2.29.